The van der Waals surface area contributed by atoms with E-state index in [1.54, 1.807) is 31.0 Å². The summed E-state index contributed by atoms with van der Waals surface area (Å²) in [6.45, 7) is 1.28. The van der Waals surface area contributed by atoms with Crippen LogP contribution in [0.25, 0.3) is 22.6 Å². The van der Waals surface area contributed by atoms with Crippen molar-refractivity contribution in [2.24, 2.45) is 0 Å². The van der Waals surface area contributed by atoms with E-state index in [1.807, 2.05) is 35.2 Å². The standard InChI is InChI=1S/C20H17N5O2/c26-20(17-4-1-2-8-21-17)24-10-6-15(12-24)25-18(14-7-11-27-13-14)23-16-5-3-9-22-19(16)25/h1-5,7-9,11,13,15H,6,10,12H2. The van der Waals surface area contributed by atoms with Gasteiger partial charge in [0.1, 0.15) is 23.3 Å². The second-order valence-electron chi connectivity index (χ2n) is 6.57. The number of furan rings is 1. The number of fused-ring (bicyclic) bond motifs is 1. The molecule has 0 saturated carbocycles. The van der Waals surface area contributed by atoms with Gasteiger partial charge in [-0.05, 0) is 36.8 Å². The Morgan fingerprint density at radius 3 is 2.85 bits per heavy atom. The van der Waals surface area contributed by atoms with Gasteiger partial charge in [0.2, 0.25) is 0 Å². The van der Waals surface area contributed by atoms with Crippen LogP contribution < -0.4 is 0 Å². The van der Waals surface area contributed by atoms with E-state index in [0.717, 1.165) is 29.0 Å². The highest BCUT2D eigenvalue weighted by Crippen LogP contribution is 2.32. The van der Waals surface area contributed by atoms with E-state index in [4.69, 9.17) is 9.40 Å². The first-order valence-corrected chi connectivity index (χ1v) is 8.87. The monoisotopic (exact) mass is 359 g/mol. The lowest BCUT2D eigenvalue weighted by atomic mass is 10.2. The molecule has 1 atom stereocenters. The molecule has 134 valence electrons. The fraction of sp³-hybridized carbons (Fsp3) is 0.200. The van der Waals surface area contributed by atoms with Gasteiger partial charge in [-0.2, -0.15) is 0 Å². The van der Waals surface area contributed by atoms with Crippen molar-refractivity contribution in [1.29, 1.82) is 0 Å². The maximum absolute atomic E-state index is 12.7. The third kappa shape index (κ3) is 2.68. The Morgan fingerprint density at radius 2 is 2.04 bits per heavy atom. The number of carbonyl (C=O) groups excluding carboxylic acids is 1. The summed E-state index contributed by atoms with van der Waals surface area (Å²) >= 11 is 0. The van der Waals surface area contributed by atoms with Crippen molar-refractivity contribution in [3.8, 4) is 11.4 Å². The van der Waals surface area contributed by atoms with Crippen molar-refractivity contribution in [3.63, 3.8) is 0 Å². The molecule has 0 radical (unpaired) electrons. The molecule has 27 heavy (non-hydrogen) atoms. The van der Waals surface area contributed by atoms with Gasteiger partial charge < -0.3 is 13.9 Å². The molecule has 0 bridgehead atoms. The Balaban J connectivity index is 1.51. The Morgan fingerprint density at radius 1 is 1.11 bits per heavy atom. The van der Waals surface area contributed by atoms with Gasteiger partial charge in [0.05, 0.1) is 17.9 Å². The second-order valence-corrected chi connectivity index (χ2v) is 6.57. The molecule has 1 unspecified atom stereocenters. The van der Waals surface area contributed by atoms with Crippen LogP contribution in [0.1, 0.15) is 23.0 Å². The Bertz CT molecular complexity index is 1090. The molecule has 0 aliphatic carbocycles. The lowest BCUT2D eigenvalue weighted by molar-refractivity contribution is 0.0782. The van der Waals surface area contributed by atoms with E-state index in [-0.39, 0.29) is 11.9 Å². The molecule has 1 fully saturated rings. The van der Waals surface area contributed by atoms with Crippen molar-refractivity contribution in [2.45, 2.75) is 12.5 Å². The molecule has 1 amide bonds. The number of imidazole rings is 1. The van der Waals surface area contributed by atoms with E-state index in [2.05, 4.69) is 14.5 Å². The molecule has 5 heterocycles. The molecule has 0 N–H and O–H groups in total. The molecular weight excluding hydrogens is 342 g/mol. The maximum Gasteiger partial charge on any atom is 0.272 e. The predicted octanol–water partition coefficient (Wildman–Crippen LogP) is 3.17. The van der Waals surface area contributed by atoms with Gasteiger partial charge in [-0.25, -0.2) is 9.97 Å². The molecule has 5 rings (SSSR count). The van der Waals surface area contributed by atoms with Gasteiger partial charge in [-0.15, -0.1) is 0 Å². The largest absolute Gasteiger partial charge is 0.472 e. The predicted molar refractivity (Wildman–Crippen MR) is 99.0 cm³/mol. The first-order chi connectivity index (χ1) is 13.3. The van der Waals surface area contributed by atoms with Crippen LogP contribution in [0, 0.1) is 0 Å². The van der Waals surface area contributed by atoms with Crippen LogP contribution in [0.2, 0.25) is 0 Å². The minimum absolute atomic E-state index is 0.0414. The molecule has 0 spiro atoms. The van der Waals surface area contributed by atoms with Crippen LogP contribution in [0.5, 0.6) is 0 Å². The van der Waals surface area contributed by atoms with E-state index in [9.17, 15) is 4.79 Å². The molecule has 0 aromatic carbocycles. The van der Waals surface area contributed by atoms with Crippen LogP contribution in [0.15, 0.2) is 65.7 Å². The minimum Gasteiger partial charge on any atom is -0.472 e. The minimum atomic E-state index is -0.0414. The first-order valence-electron chi connectivity index (χ1n) is 8.87. The van der Waals surface area contributed by atoms with E-state index in [1.165, 1.54) is 0 Å². The van der Waals surface area contributed by atoms with Gasteiger partial charge in [0.15, 0.2) is 5.65 Å². The summed E-state index contributed by atoms with van der Waals surface area (Å²) in [6.07, 6.45) is 7.57. The van der Waals surface area contributed by atoms with Gasteiger partial charge in [-0.1, -0.05) is 6.07 Å². The zero-order valence-electron chi connectivity index (χ0n) is 14.5. The van der Waals surface area contributed by atoms with Crippen molar-refractivity contribution in [1.82, 2.24) is 24.4 Å². The van der Waals surface area contributed by atoms with Crippen molar-refractivity contribution >= 4 is 17.1 Å². The number of likely N-dealkylation sites (tertiary alicyclic amines) is 1. The van der Waals surface area contributed by atoms with Gasteiger partial charge in [0.25, 0.3) is 5.91 Å². The van der Waals surface area contributed by atoms with Crippen molar-refractivity contribution in [2.75, 3.05) is 13.1 Å². The number of carbonyl (C=O) groups is 1. The molecule has 7 heteroatoms. The quantitative estimate of drug-likeness (QED) is 0.561. The number of hydrogen-bond acceptors (Lipinski definition) is 5. The van der Waals surface area contributed by atoms with Crippen LogP contribution in [0.4, 0.5) is 0 Å². The smallest absolute Gasteiger partial charge is 0.272 e. The lowest BCUT2D eigenvalue weighted by Gasteiger charge is -2.18. The lowest BCUT2D eigenvalue weighted by Crippen LogP contribution is -2.29. The van der Waals surface area contributed by atoms with E-state index in [0.29, 0.717) is 18.8 Å². The number of aromatic nitrogens is 4. The number of nitrogens with zero attached hydrogens (tertiary/aromatic N) is 5. The summed E-state index contributed by atoms with van der Waals surface area (Å²) in [7, 11) is 0. The molecule has 7 nitrogen and oxygen atoms in total. The number of hydrogen-bond donors (Lipinski definition) is 0. The summed E-state index contributed by atoms with van der Waals surface area (Å²) < 4.78 is 7.38. The third-order valence-electron chi connectivity index (χ3n) is 4.93. The van der Waals surface area contributed by atoms with E-state index < -0.39 is 0 Å². The average Bonchev–Trinajstić information content (AvgIpc) is 3.46. The third-order valence-corrected chi connectivity index (χ3v) is 4.93. The van der Waals surface area contributed by atoms with Crippen LogP contribution >= 0.6 is 0 Å². The summed E-state index contributed by atoms with van der Waals surface area (Å²) in [5.74, 6) is 0.773. The maximum atomic E-state index is 12.7. The number of amides is 1. The van der Waals surface area contributed by atoms with Crippen LogP contribution in [-0.2, 0) is 0 Å². The summed E-state index contributed by atoms with van der Waals surface area (Å²) in [5.41, 5.74) is 3.04. The highest BCUT2D eigenvalue weighted by molar-refractivity contribution is 5.92. The van der Waals surface area contributed by atoms with Crippen LogP contribution in [-0.4, -0.2) is 43.4 Å². The van der Waals surface area contributed by atoms with Gasteiger partial charge >= 0.3 is 0 Å². The number of pyridine rings is 2. The Hall–Kier alpha value is -3.48. The van der Waals surface area contributed by atoms with Crippen molar-refractivity contribution in [3.05, 3.63) is 67.0 Å². The number of rotatable bonds is 3. The fourth-order valence-corrected chi connectivity index (χ4v) is 3.66. The molecule has 4 aromatic heterocycles. The SMILES string of the molecule is O=C(c1ccccn1)N1CCC(n2c(-c3ccoc3)nc3cccnc32)C1. The van der Waals surface area contributed by atoms with Gasteiger partial charge in [-0.3, -0.25) is 9.78 Å². The molecular formula is C20H17N5O2. The summed E-state index contributed by atoms with van der Waals surface area (Å²) in [6, 6.07) is 11.2. The van der Waals surface area contributed by atoms with Gasteiger partial charge in [0, 0.05) is 25.5 Å². The topological polar surface area (TPSA) is 77.0 Å². The van der Waals surface area contributed by atoms with E-state index >= 15 is 0 Å². The first kappa shape index (κ1) is 15.7. The zero-order chi connectivity index (χ0) is 18.2. The molecule has 1 aliphatic heterocycles. The second kappa shape index (κ2) is 6.35. The Labute approximate surface area is 155 Å². The summed E-state index contributed by atoms with van der Waals surface area (Å²) in [4.78, 5) is 28.1. The molecule has 1 saturated heterocycles. The summed E-state index contributed by atoms with van der Waals surface area (Å²) in [5, 5.41) is 0. The Kier molecular flexibility index (Phi) is 3.71. The fourth-order valence-electron chi connectivity index (χ4n) is 3.66. The molecule has 1 aliphatic rings. The zero-order valence-corrected chi connectivity index (χ0v) is 14.5. The van der Waals surface area contributed by atoms with Crippen LogP contribution in [0.3, 0.4) is 0 Å². The normalized spacial score (nSPS) is 16.9. The highest BCUT2D eigenvalue weighted by Gasteiger charge is 2.31. The average molecular weight is 359 g/mol. The van der Waals surface area contributed by atoms with Crippen molar-refractivity contribution < 1.29 is 9.21 Å². The molecule has 4 aromatic rings. The highest BCUT2D eigenvalue weighted by atomic mass is 16.3.